The van der Waals surface area contributed by atoms with Gasteiger partial charge in [-0.05, 0) is 26.2 Å². The maximum absolute atomic E-state index is 5.30. The van der Waals surface area contributed by atoms with Gasteiger partial charge in [0.25, 0.3) is 0 Å². The third-order valence-electron chi connectivity index (χ3n) is 3.63. The van der Waals surface area contributed by atoms with Crippen LogP contribution in [0.2, 0.25) is 0 Å². The van der Waals surface area contributed by atoms with E-state index < -0.39 is 0 Å². The van der Waals surface area contributed by atoms with Crippen molar-refractivity contribution in [3.05, 3.63) is 0 Å². The molecule has 2 nitrogen and oxygen atoms in total. The molecule has 0 aromatic carbocycles. The molecule has 0 N–H and O–H groups in total. The Morgan fingerprint density at radius 1 is 1.29 bits per heavy atom. The number of ether oxygens (including phenoxy) is 1. The highest BCUT2D eigenvalue weighted by Gasteiger charge is 2.52. The van der Waals surface area contributed by atoms with Crippen molar-refractivity contribution >= 4 is 0 Å². The van der Waals surface area contributed by atoms with Crippen LogP contribution in [0.15, 0.2) is 0 Å². The Labute approximate surface area is 87.6 Å². The maximum Gasteiger partial charge on any atom is 0.0569 e. The predicted octanol–water partition coefficient (Wildman–Crippen LogP) is 2.14. The Bertz CT molecular complexity index is 210. The zero-order chi connectivity index (χ0) is 10.4. The summed E-state index contributed by atoms with van der Waals surface area (Å²) >= 11 is 0. The predicted molar refractivity (Wildman–Crippen MR) is 58.4 cm³/mol. The molecule has 0 aromatic heterocycles. The molecule has 0 atom stereocenters. The van der Waals surface area contributed by atoms with Gasteiger partial charge in [0, 0.05) is 24.0 Å². The van der Waals surface area contributed by atoms with E-state index in [0.717, 1.165) is 19.1 Å². The Morgan fingerprint density at radius 2 is 1.86 bits per heavy atom. The number of rotatable bonds is 3. The van der Waals surface area contributed by atoms with Gasteiger partial charge in [-0.3, -0.25) is 4.90 Å². The SMILES string of the molecule is CC(C)CC(C)(C)N1CC2(COC2)C1. The number of hydrogen-bond donors (Lipinski definition) is 0. The lowest BCUT2D eigenvalue weighted by Gasteiger charge is -2.60. The molecule has 14 heavy (non-hydrogen) atoms. The fourth-order valence-corrected chi connectivity index (χ4v) is 2.89. The standard InChI is InChI=1S/C12H23NO/c1-10(2)5-11(3,4)13-6-12(7-13)8-14-9-12/h10H,5-9H2,1-4H3. The van der Waals surface area contributed by atoms with Gasteiger partial charge in [-0.2, -0.15) is 0 Å². The molecule has 2 fully saturated rings. The van der Waals surface area contributed by atoms with Gasteiger partial charge in [-0.1, -0.05) is 13.8 Å². The molecule has 2 aliphatic heterocycles. The lowest BCUT2D eigenvalue weighted by Crippen LogP contribution is -2.70. The normalized spacial score (nSPS) is 26.4. The summed E-state index contributed by atoms with van der Waals surface area (Å²) in [6.45, 7) is 13.9. The largest absolute Gasteiger partial charge is 0.380 e. The number of hydrogen-bond acceptors (Lipinski definition) is 2. The Morgan fingerprint density at radius 3 is 2.21 bits per heavy atom. The Hall–Kier alpha value is -0.0800. The molecule has 0 radical (unpaired) electrons. The molecular weight excluding hydrogens is 174 g/mol. The van der Waals surface area contributed by atoms with Crippen molar-refractivity contribution in [2.24, 2.45) is 11.3 Å². The molecule has 0 unspecified atom stereocenters. The van der Waals surface area contributed by atoms with Crippen LogP contribution in [-0.4, -0.2) is 36.7 Å². The summed E-state index contributed by atoms with van der Waals surface area (Å²) in [5.74, 6) is 0.791. The third kappa shape index (κ3) is 1.70. The molecule has 82 valence electrons. The molecule has 2 aliphatic rings. The first-order valence-corrected chi connectivity index (χ1v) is 5.76. The zero-order valence-electron chi connectivity index (χ0n) is 9.97. The molecule has 0 amide bonds. The van der Waals surface area contributed by atoms with Crippen LogP contribution < -0.4 is 0 Å². The summed E-state index contributed by atoms with van der Waals surface area (Å²) in [5, 5.41) is 0. The monoisotopic (exact) mass is 197 g/mol. The van der Waals surface area contributed by atoms with Gasteiger partial charge in [-0.25, -0.2) is 0 Å². The van der Waals surface area contributed by atoms with E-state index in [2.05, 4.69) is 32.6 Å². The fraction of sp³-hybridized carbons (Fsp3) is 1.00. The molecule has 2 saturated heterocycles. The van der Waals surface area contributed by atoms with Crippen LogP contribution in [-0.2, 0) is 4.74 Å². The van der Waals surface area contributed by atoms with E-state index in [0.29, 0.717) is 11.0 Å². The summed E-state index contributed by atoms with van der Waals surface area (Å²) in [5.41, 5.74) is 0.948. The van der Waals surface area contributed by atoms with E-state index in [1.807, 2.05) is 0 Å². The van der Waals surface area contributed by atoms with E-state index >= 15 is 0 Å². The van der Waals surface area contributed by atoms with Gasteiger partial charge in [0.15, 0.2) is 0 Å². The van der Waals surface area contributed by atoms with Gasteiger partial charge < -0.3 is 4.74 Å². The van der Waals surface area contributed by atoms with Crippen molar-refractivity contribution in [1.29, 1.82) is 0 Å². The second kappa shape index (κ2) is 3.21. The first-order chi connectivity index (χ1) is 6.44. The molecule has 1 spiro atoms. The van der Waals surface area contributed by atoms with E-state index in [1.54, 1.807) is 0 Å². The maximum atomic E-state index is 5.30. The van der Waals surface area contributed by atoms with Crippen molar-refractivity contribution in [2.45, 2.75) is 39.7 Å². The lowest BCUT2D eigenvalue weighted by atomic mass is 9.74. The average molecular weight is 197 g/mol. The van der Waals surface area contributed by atoms with E-state index in [-0.39, 0.29) is 0 Å². The molecule has 0 saturated carbocycles. The highest BCUT2D eigenvalue weighted by atomic mass is 16.5. The molecular formula is C12H23NO. The Kier molecular flexibility index (Phi) is 2.39. The minimum Gasteiger partial charge on any atom is -0.380 e. The molecule has 0 bridgehead atoms. The van der Waals surface area contributed by atoms with Gasteiger partial charge in [0.05, 0.1) is 13.2 Å². The molecule has 2 rings (SSSR count). The molecule has 0 aliphatic carbocycles. The van der Waals surface area contributed by atoms with E-state index in [4.69, 9.17) is 4.74 Å². The molecule has 2 heteroatoms. The van der Waals surface area contributed by atoms with Crippen LogP contribution in [0.5, 0.6) is 0 Å². The van der Waals surface area contributed by atoms with Crippen LogP contribution in [0, 0.1) is 11.3 Å². The van der Waals surface area contributed by atoms with Crippen molar-refractivity contribution < 1.29 is 4.74 Å². The van der Waals surface area contributed by atoms with Crippen LogP contribution in [0.25, 0.3) is 0 Å². The fourth-order valence-electron chi connectivity index (χ4n) is 2.89. The van der Waals surface area contributed by atoms with Crippen LogP contribution >= 0.6 is 0 Å². The summed E-state index contributed by atoms with van der Waals surface area (Å²) in [6.07, 6.45) is 1.30. The van der Waals surface area contributed by atoms with E-state index in [1.165, 1.54) is 19.5 Å². The minimum absolute atomic E-state index is 0.384. The van der Waals surface area contributed by atoms with Gasteiger partial charge >= 0.3 is 0 Å². The van der Waals surface area contributed by atoms with Crippen LogP contribution in [0.4, 0.5) is 0 Å². The number of nitrogens with zero attached hydrogens (tertiary/aromatic N) is 1. The first-order valence-electron chi connectivity index (χ1n) is 5.76. The summed E-state index contributed by atoms with van der Waals surface area (Å²) in [7, 11) is 0. The summed E-state index contributed by atoms with van der Waals surface area (Å²) < 4.78 is 5.30. The number of likely N-dealkylation sites (tertiary alicyclic amines) is 1. The Balaban J connectivity index is 1.84. The second-order valence-corrected chi connectivity index (χ2v) is 6.26. The van der Waals surface area contributed by atoms with Crippen molar-refractivity contribution in [2.75, 3.05) is 26.3 Å². The average Bonchev–Trinajstić information content (AvgIpc) is 1.73. The highest BCUT2D eigenvalue weighted by molar-refractivity contribution is 5.04. The summed E-state index contributed by atoms with van der Waals surface area (Å²) in [6, 6.07) is 0. The van der Waals surface area contributed by atoms with Crippen LogP contribution in [0.3, 0.4) is 0 Å². The van der Waals surface area contributed by atoms with Gasteiger partial charge in [-0.15, -0.1) is 0 Å². The second-order valence-electron chi connectivity index (χ2n) is 6.26. The molecule has 2 heterocycles. The minimum atomic E-state index is 0.384. The van der Waals surface area contributed by atoms with Gasteiger partial charge in [0.2, 0.25) is 0 Å². The van der Waals surface area contributed by atoms with Crippen LogP contribution in [0.1, 0.15) is 34.1 Å². The molecule has 0 aromatic rings. The third-order valence-corrected chi connectivity index (χ3v) is 3.63. The first kappa shape index (κ1) is 10.4. The summed E-state index contributed by atoms with van der Waals surface area (Å²) in [4.78, 5) is 2.62. The quantitative estimate of drug-likeness (QED) is 0.687. The van der Waals surface area contributed by atoms with Crippen molar-refractivity contribution in [1.82, 2.24) is 4.90 Å². The van der Waals surface area contributed by atoms with Crippen molar-refractivity contribution in [3.63, 3.8) is 0 Å². The zero-order valence-corrected chi connectivity index (χ0v) is 9.97. The smallest absolute Gasteiger partial charge is 0.0569 e. The highest BCUT2D eigenvalue weighted by Crippen LogP contribution is 2.42. The topological polar surface area (TPSA) is 12.5 Å². The van der Waals surface area contributed by atoms with Crippen molar-refractivity contribution in [3.8, 4) is 0 Å². The lowest BCUT2D eigenvalue weighted by molar-refractivity contribution is -0.211. The van der Waals surface area contributed by atoms with E-state index in [9.17, 15) is 0 Å². The van der Waals surface area contributed by atoms with Gasteiger partial charge in [0.1, 0.15) is 0 Å².